The minimum Gasteiger partial charge on any atom is -0.356 e. The largest absolute Gasteiger partial charge is 0.356 e. The van der Waals surface area contributed by atoms with Gasteiger partial charge in [-0.25, -0.2) is 0 Å². The summed E-state index contributed by atoms with van der Waals surface area (Å²) in [5.41, 5.74) is 1.30. The quantitative estimate of drug-likeness (QED) is 0.674. The van der Waals surface area contributed by atoms with Gasteiger partial charge in [-0.15, -0.1) is 0 Å². The minimum atomic E-state index is -0.327. The Bertz CT molecular complexity index is 391. The number of rotatable bonds is 7. The van der Waals surface area contributed by atoms with Crippen molar-refractivity contribution in [2.24, 2.45) is 11.8 Å². The van der Waals surface area contributed by atoms with E-state index in [1.807, 2.05) is 0 Å². The molecule has 0 spiro atoms. The van der Waals surface area contributed by atoms with Crippen LogP contribution in [0.15, 0.2) is 11.1 Å². The molecule has 0 aromatic rings. The minimum absolute atomic E-state index is 0.110. The highest BCUT2D eigenvalue weighted by molar-refractivity contribution is 6.12. The summed E-state index contributed by atoms with van der Waals surface area (Å²) in [5.74, 6) is 0.544. The molecule has 0 saturated heterocycles. The van der Waals surface area contributed by atoms with Gasteiger partial charge < -0.3 is 9.47 Å². The molecule has 0 aliphatic heterocycles. The van der Waals surface area contributed by atoms with Crippen molar-refractivity contribution < 1.29 is 19.1 Å². The first-order valence-electron chi connectivity index (χ1n) is 7.23. The lowest BCUT2D eigenvalue weighted by Crippen LogP contribution is -2.29. The highest BCUT2D eigenvalue weighted by Crippen LogP contribution is 2.30. The van der Waals surface area contributed by atoms with Crippen LogP contribution in [0.2, 0.25) is 0 Å². The predicted octanol–water partition coefficient (Wildman–Crippen LogP) is 2.91. The van der Waals surface area contributed by atoms with E-state index in [-0.39, 0.29) is 23.8 Å². The lowest BCUT2D eigenvalue weighted by molar-refractivity contribution is -0.127. The van der Waals surface area contributed by atoms with E-state index in [1.165, 1.54) is 0 Å². The molecule has 1 aliphatic rings. The molecule has 0 aromatic carbocycles. The van der Waals surface area contributed by atoms with Gasteiger partial charge in [-0.2, -0.15) is 0 Å². The number of methoxy groups -OCH3 is 2. The van der Waals surface area contributed by atoms with Crippen molar-refractivity contribution in [2.45, 2.75) is 52.7 Å². The standard InChI is InChI=1S/C16H26O4/c1-10(2)8-12-9-14(17)13(11(3)16(12)18)6-7-15(19-4)20-5/h10,12,15H,6-9H2,1-5H3. The van der Waals surface area contributed by atoms with Crippen molar-refractivity contribution in [1.29, 1.82) is 0 Å². The molecule has 0 N–H and O–H groups in total. The summed E-state index contributed by atoms with van der Waals surface area (Å²) < 4.78 is 10.2. The lowest BCUT2D eigenvalue weighted by atomic mass is 9.77. The van der Waals surface area contributed by atoms with Crippen LogP contribution in [-0.2, 0) is 19.1 Å². The van der Waals surface area contributed by atoms with Gasteiger partial charge in [0, 0.05) is 38.6 Å². The number of ketones is 2. The van der Waals surface area contributed by atoms with Crippen molar-refractivity contribution in [1.82, 2.24) is 0 Å². The zero-order chi connectivity index (χ0) is 15.3. The van der Waals surface area contributed by atoms with Crippen LogP contribution in [0.5, 0.6) is 0 Å². The molecule has 0 bridgehead atoms. The van der Waals surface area contributed by atoms with E-state index in [0.717, 1.165) is 6.42 Å². The maximum atomic E-state index is 12.3. The molecule has 0 aromatic heterocycles. The van der Waals surface area contributed by atoms with E-state index in [0.29, 0.717) is 36.3 Å². The molecule has 0 radical (unpaired) electrons. The second-order valence-electron chi connectivity index (χ2n) is 5.86. The monoisotopic (exact) mass is 282 g/mol. The molecule has 1 aliphatic carbocycles. The predicted molar refractivity (Wildman–Crippen MR) is 77.3 cm³/mol. The number of ether oxygens (including phenoxy) is 2. The van der Waals surface area contributed by atoms with Crippen LogP contribution < -0.4 is 0 Å². The third kappa shape index (κ3) is 4.25. The smallest absolute Gasteiger partial charge is 0.162 e. The highest BCUT2D eigenvalue weighted by Gasteiger charge is 2.32. The summed E-state index contributed by atoms with van der Waals surface area (Å²) >= 11 is 0. The Labute approximate surface area is 121 Å². The van der Waals surface area contributed by atoms with Crippen LogP contribution in [-0.4, -0.2) is 32.1 Å². The van der Waals surface area contributed by atoms with Crippen LogP contribution in [0.25, 0.3) is 0 Å². The zero-order valence-electron chi connectivity index (χ0n) is 13.2. The van der Waals surface area contributed by atoms with Crippen molar-refractivity contribution in [3.63, 3.8) is 0 Å². The number of Topliss-reactive ketones (excluding diaryl/α,β-unsaturated/α-hetero) is 2. The summed E-state index contributed by atoms with van der Waals surface area (Å²) in [6.45, 7) is 5.93. The molecule has 1 unspecified atom stereocenters. The Morgan fingerprint density at radius 3 is 2.30 bits per heavy atom. The number of carbonyl (C=O) groups is 2. The van der Waals surface area contributed by atoms with E-state index in [2.05, 4.69) is 13.8 Å². The highest BCUT2D eigenvalue weighted by atomic mass is 16.7. The van der Waals surface area contributed by atoms with Gasteiger partial charge in [0.2, 0.25) is 0 Å². The van der Waals surface area contributed by atoms with E-state index in [1.54, 1.807) is 21.1 Å². The van der Waals surface area contributed by atoms with Gasteiger partial charge in [-0.1, -0.05) is 13.8 Å². The lowest BCUT2D eigenvalue weighted by Gasteiger charge is -2.25. The summed E-state index contributed by atoms with van der Waals surface area (Å²) in [5, 5.41) is 0. The number of carbonyl (C=O) groups excluding carboxylic acids is 2. The van der Waals surface area contributed by atoms with Gasteiger partial charge in [-0.05, 0) is 31.3 Å². The van der Waals surface area contributed by atoms with Gasteiger partial charge in [0.05, 0.1) is 0 Å². The van der Waals surface area contributed by atoms with E-state index >= 15 is 0 Å². The molecule has 0 fully saturated rings. The third-order valence-electron chi connectivity index (χ3n) is 3.87. The summed E-state index contributed by atoms with van der Waals surface area (Å²) in [6.07, 6.45) is 1.94. The molecule has 1 atom stereocenters. The van der Waals surface area contributed by atoms with Crippen LogP contribution in [0.3, 0.4) is 0 Å². The topological polar surface area (TPSA) is 52.6 Å². The van der Waals surface area contributed by atoms with Gasteiger partial charge >= 0.3 is 0 Å². The van der Waals surface area contributed by atoms with Crippen LogP contribution in [0.1, 0.15) is 46.5 Å². The SMILES string of the molecule is COC(CCC1=C(C)C(=O)C(CC(C)C)CC1=O)OC. The molecular weight excluding hydrogens is 256 g/mol. The van der Waals surface area contributed by atoms with Crippen molar-refractivity contribution in [2.75, 3.05) is 14.2 Å². The average Bonchev–Trinajstić information content (AvgIpc) is 2.39. The first-order chi connectivity index (χ1) is 9.40. The van der Waals surface area contributed by atoms with Crippen LogP contribution in [0, 0.1) is 11.8 Å². The van der Waals surface area contributed by atoms with Gasteiger partial charge in [0.1, 0.15) is 0 Å². The zero-order valence-corrected chi connectivity index (χ0v) is 13.2. The molecule has 114 valence electrons. The first-order valence-corrected chi connectivity index (χ1v) is 7.23. The second-order valence-corrected chi connectivity index (χ2v) is 5.86. The Kier molecular flexibility index (Phi) is 6.56. The molecule has 4 nitrogen and oxygen atoms in total. The van der Waals surface area contributed by atoms with Crippen molar-refractivity contribution in [3.8, 4) is 0 Å². The molecule has 0 heterocycles. The maximum Gasteiger partial charge on any atom is 0.162 e. The normalized spacial score (nSPS) is 20.4. The number of hydrogen-bond acceptors (Lipinski definition) is 4. The fourth-order valence-electron chi connectivity index (χ4n) is 2.78. The molecule has 0 saturated carbocycles. The molecule has 20 heavy (non-hydrogen) atoms. The summed E-state index contributed by atoms with van der Waals surface area (Å²) in [4.78, 5) is 24.6. The van der Waals surface area contributed by atoms with Crippen molar-refractivity contribution in [3.05, 3.63) is 11.1 Å². The average molecular weight is 282 g/mol. The van der Waals surface area contributed by atoms with E-state index in [4.69, 9.17) is 9.47 Å². The second kappa shape index (κ2) is 7.70. The van der Waals surface area contributed by atoms with Crippen LogP contribution >= 0.6 is 0 Å². The maximum absolute atomic E-state index is 12.3. The molecule has 4 heteroatoms. The van der Waals surface area contributed by atoms with Crippen LogP contribution in [0.4, 0.5) is 0 Å². The van der Waals surface area contributed by atoms with Crippen molar-refractivity contribution >= 4 is 11.6 Å². The Morgan fingerprint density at radius 2 is 1.80 bits per heavy atom. The fraction of sp³-hybridized carbons (Fsp3) is 0.750. The van der Waals surface area contributed by atoms with Gasteiger partial charge in [-0.3, -0.25) is 9.59 Å². The summed E-state index contributed by atoms with van der Waals surface area (Å²) in [6, 6.07) is 0. The van der Waals surface area contributed by atoms with E-state index in [9.17, 15) is 9.59 Å². The Morgan fingerprint density at radius 1 is 1.20 bits per heavy atom. The Hall–Kier alpha value is -1.00. The first kappa shape index (κ1) is 17.1. The van der Waals surface area contributed by atoms with E-state index < -0.39 is 0 Å². The third-order valence-corrected chi connectivity index (χ3v) is 3.87. The van der Waals surface area contributed by atoms with Gasteiger partial charge in [0.25, 0.3) is 0 Å². The van der Waals surface area contributed by atoms with Gasteiger partial charge in [0.15, 0.2) is 17.9 Å². The Balaban J connectivity index is 2.78. The number of hydrogen-bond donors (Lipinski definition) is 0. The molecule has 0 amide bonds. The molecule has 1 rings (SSSR count). The molecular formula is C16H26O4. The summed E-state index contributed by atoms with van der Waals surface area (Å²) in [7, 11) is 3.14. The fourth-order valence-corrected chi connectivity index (χ4v) is 2.78. The number of allylic oxidation sites excluding steroid dienone is 2.